The van der Waals surface area contributed by atoms with Crippen LogP contribution in [0.2, 0.25) is 0 Å². The Labute approximate surface area is 116 Å². The van der Waals surface area contributed by atoms with Gasteiger partial charge in [-0.05, 0) is 31.4 Å². The number of nitrogens with one attached hydrogen (secondary N) is 1. The molecule has 2 amide bonds. The first kappa shape index (κ1) is 14.5. The van der Waals surface area contributed by atoms with Gasteiger partial charge in [-0.3, -0.25) is 4.79 Å². The van der Waals surface area contributed by atoms with Crippen molar-refractivity contribution in [2.24, 2.45) is 0 Å². The van der Waals surface area contributed by atoms with Crippen LogP contribution >= 0.6 is 11.8 Å². The lowest BCUT2D eigenvalue weighted by Crippen LogP contribution is -2.56. The van der Waals surface area contributed by atoms with Crippen molar-refractivity contribution in [2.75, 3.05) is 19.5 Å². The van der Waals surface area contributed by atoms with E-state index in [0.717, 1.165) is 25.0 Å². The molecule has 0 aliphatic carbocycles. The monoisotopic (exact) mass is 288 g/mol. The predicted molar refractivity (Wildman–Crippen MR) is 72.2 cm³/mol. The Morgan fingerprint density at radius 3 is 3.00 bits per heavy atom. The first-order valence-corrected chi connectivity index (χ1v) is 7.60. The van der Waals surface area contributed by atoms with Gasteiger partial charge >= 0.3 is 6.09 Å². The Morgan fingerprint density at radius 2 is 2.32 bits per heavy atom. The number of methoxy groups -OCH3 is 1. The number of fused-ring (bicyclic) bond motifs is 1. The molecule has 2 unspecified atom stereocenters. The molecule has 2 aliphatic heterocycles. The van der Waals surface area contributed by atoms with Gasteiger partial charge in [0, 0.05) is 7.11 Å². The molecule has 2 fully saturated rings. The standard InChI is InChI=1S/C12H20N2O4S/c1-18-7-8-3-2-4-10-14(8)11(15)9(5-6-19-10)13-12(16)17/h8-10,13H,2-7H2,1H3,(H,16,17)/t8?,9?,10-/m0/s1. The number of carbonyl (C=O) groups excluding carboxylic acids is 1. The molecule has 2 aliphatic rings. The van der Waals surface area contributed by atoms with Gasteiger partial charge in [-0.15, -0.1) is 11.8 Å². The molecule has 3 atom stereocenters. The molecule has 2 N–H and O–H groups in total. The molecule has 19 heavy (non-hydrogen) atoms. The summed E-state index contributed by atoms with van der Waals surface area (Å²) in [7, 11) is 1.63. The van der Waals surface area contributed by atoms with Crippen LogP contribution in [0.3, 0.4) is 0 Å². The van der Waals surface area contributed by atoms with Crippen LogP contribution in [-0.4, -0.2) is 58.9 Å². The van der Waals surface area contributed by atoms with Gasteiger partial charge in [0.1, 0.15) is 6.04 Å². The van der Waals surface area contributed by atoms with Gasteiger partial charge in [0.2, 0.25) is 5.91 Å². The summed E-state index contributed by atoms with van der Waals surface area (Å²) in [5, 5.41) is 11.3. The van der Waals surface area contributed by atoms with Crippen LogP contribution < -0.4 is 5.32 Å². The van der Waals surface area contributed by atoms with Crippen LogP contribution in [0, 0.1) is 0 Å². The van der Waals surface area contributed by atoms with Gasteiger partial charge < -0.3 is 20.1 Å². The van der Waals surface area contributed by atoms with Gasteiger partial charge in [-0.25, -0.2) is 4.79 Å². The molecule has 2 saturated heterocycles. The van der Waals surface area contributed by atoms with Gasteiger partial charge in [0.05, 0.1) is 18.0 Å². The normalized spacial score (nSPS) is 31.5. The van der Waals surface area contributed by atoms with E-state index in [1.807, 2.05) is 4.90 Å². The van der Waals surface area contributed by atoms with E-state index in [1.165, 1.54) is 0 Å². The van der Waals surface area contributed by atoms with Crippen LogP contribution in [0.5, 0.6) is 0 Å². The largest absolute Gasteiger partial charge is 0.465 e. The molecule has 2 heterocycles. The molecule has 7 heteroatoms. The van der Waals surface area contributed by atoms with Crippen LogP contribution in [0.25, 0.3) is 0 Å². The van der Waals surface area contributed by atoms with Gasteiger partial charge in [0.15, 0.2) is 0 Å². The molecule has 0 aromatic carbocycles. The van der Waals surface area contributed by atoms with E-state index in [2.05, 4.69) is 5.32 Å². The number of rotatable bonds is 3. The lowest BCUT2D eigenvalue weighted by Gasteiger charge is -2.41. The third-order valence-electron chi connectivity index (χ3n) is 3.62. The number of piperidine rings is 1. The Kier molecular flexibility index (Phi) is 4.93. The zero-order chi connectivity index (χ0) is 13.8. The fraction of sp³-hybridized carbons (Fsp3) is 0.833. The van der Waals surface area contributed by atoms with Crippen molar-refractivity contribution in [1.82, 2.24) is 10.2 Å². The summed E-state index contributed by atoms with van der Waals surface area (Å²) in [6, 6.07) is -0.549. The highest BCUT2D eigenvalue weighted by Crippen LogP contribution is 2.34. The summed E-state index contributed by atoms with van der Waals surface area (Å²) >= 11 is 1.75. The molecule has 0 saturated carbocycles. The SMILES string of the molecule is COCC1CCC[C@@H]2SCCC(NC(=O)O)C(=O)N12. The van der Waals surface area contributed by atoms with E-state index in [-0.39, 0.29) is 17.3 Å². The lowest BCUT2D eigenvalue weighted by atomic mass is 10.0. The number of nitrogens with zero attached hydrogens (tertiary/aromatic N) is 1. The van der Waals surface area contributed by atoms with E-state index in [9.17, 15) is 9.59 Å². The minimum Gasteiger partial charge on any atom is -0.465 e. The number of amides is 2. The first-order valence-electron chi connectivity index (χ1n) is 6.55. The molecule has 108 valence electrons. The van der Waals surface area contributed by atoms with Crippen LogP contribution in [0.4, 0.5) is 4.79 Å². The number of thioether (sulfide) groups is 1. The zero-order valence-electron chi connectivity index (χ0n) is 11.0. The molecule has 0 aromatic rings. The number of carboxylic acid groups (broad SMARTS) is 1. The van der Waals surface area contributed by atoms with Gasteiger partial charge in [0.25, 0.3) is 0 Å². The fourth-order valence-corrected chi connectivity index (χ4v) is 4.21. The molecular weight excluding hydrogens is 268 g/mol. The Bertz CT molecular complexity index is 351. The van der Waals surface area contributed by atoms with E-state index in [4.69, 9.17) is 9.84 Å². The molecular formula is C12H20N2O4S. The summed E-state index contributed by atoms with van der Waals surface area (Å²) in [5.74, 6) is 0.705. The maximum Gasteiger partial charge on any atom is 0.405 e. The second-order valence-corrected chi connectivity index (χ2v) is 6.19. The topological polar surface area (TPSA) is 78.9 Å². The van der Waals surface area contributed by atoms with Crippen LogP contribution in [0.1, 0.15) is 25.7 Å². The maximum absolute atomic E-state index is 12.5. The Hall–Kier alpha value is -0.950. The lowest BCUT2D eigenvalue weighted by molar-refractivity contribution is -0.139. The van der Waals surface area contributed by atoms with Crippen molar-refractivity contribution in [3.63, 3.8) is 0 Å². The Morgan fingerprint density at radius 1 is 1.53 bits per heavy atom. The van der Waals surface area contributed by atoms with Crippen molar-refractivity contribution < 1.29 is 19.4 Å². The summed E-state index contributed by atoms with van der Waals surface area (Å²) < 4.78 is 5.20. The predicted octanol–water partition coefficient (Wildman–Crippen LogP) is 1.11. The van der Waals surface area contributed by atoms with Crippen molar-refractivity contribution >= 4 is 23.8 Å². The minimum absolute atomic E-state index is 0.0694. The highest BCUT2D eigenvalue weighted by atomic mass is 32.2. The third kappa shape index (κ3) is 3.33. The van der Waals surface area contributed by atoms with Gasteiger partial charge in [-0.2, -0.15) is 0 Å². The molecule has 0 bridgehead atoms. The number of hydrogen-bond donors (Lipinski definition) is 2. The minimum atomic E-state index is -1.14. The van der Waals surface area contributed by atoms with E-state index >= 15 is 0 Å². The second kappa shape index (κ2) is 6.47. The third-order valence-corrected chi connectivity index (χ3v) is 4.94. The maximum atomic E-state index is 12.5. The molecule has 0 radical (unpaired) electrons. The van der Waals surface area contributed by atoms with Crippen molar-refractivity contribution in [3.8, 4) is 0 Å². The van der Waals surface area contributed by atoms with Crippen LogP contribution in [-0.2, 0) is 9.53 Å². The highest BCUT2D eigenvalue weighted by molar-refractivity contribution is 7.99. The van der Waals surface area contributed by atoms with Crippen molar-refractivity contribution in [1.29, 1.82) is 0 Å². The van der Waals surface area contributed by atoms with Gasteiger partial charge in [-0.1, -0.05) is 0 Å². The van der Waals surface area contributed by atoms with Crippen LogP contribution in [0.15, 0.2) is 0 Å². The summed E-state index contributed by atoms with van der Waals surface area (Å²) in [6.45, 7) is 0.516. The smallest absolute Gasteiger partial charge is 0.405 e. The van der Waals surface area contributed by atoms with Crippen molar-refractivity contribution in [3.05, 3.63) is 0 Å². The van der Waals surface area contributed by atoms with E-state index < -0.39 is 12.1 Å². The Balaban J connectivity index is 2.15. The second-order valence-electron chi connectivity index (χ2n) is 4.90. The van der Waals surface area contributed by atoms with E-state index in [0.29, 0.717) is 13.0 Å². The average Bonchev–Trinajstić information content (AvgIpc) is 2.51. The molecule has 2 rings (SSSR count). The zero-order valence-corrected chi connectivity index (χ0v) is 11.8. The molecule has 0 aromatic heterocycles. The number of ether oxygens (including phenoxy) is 1. The fourth-order valence-electron chi connectivity index (χ4n) is 2.79. The summed E-state index contributed by atoms with van der Waals surface area (Å²) in [4.78, 5) is 25.2. The highest BCUT2D eigenvalue weighted by Gasteiger charge is 2.40. The van der Waals surface area contributed by atoms with Crippen molar-refractivity contribution in [2.45, 2.75) is 43.1 Å². The number of carbonyl (C=O) groups is 2. The van der Waals surface area contributed by atoms with E-state index in [1.54, 1.807) is 18.9 Å². The number of hydrogen-bond acceptors (Lipinski definition) is 4. The summed E-state index contributed by atoms with van der Waals surface area (Å²) in [5.41, 5.74) is 0. The summed E-state index contributed by atoms with van der Waals surface area (Å²) in [6.07, 6.45) is 2.42. The average molecular weight is 288 g/mol. The molecule has 6 nitrogen and oxygen atoms in total. The molecule has 0 spiro atoms. The first-order chi connectivity index (χ1) is 9.13. The quantitative estimate of drug-likeness (QED) is 0.813.